The third kappa shape index (κ3) is 3.35. The summed E-state index contributed by atoms with van der Waals surface area (Å²) >= 11 is 15.1. The monoisotopic (exact) mass is 384 g/mol. The quantitative estimate of drug-likeness (QED) is 0.651. The van der Waals surface area contributed by atoms with Gasteiger partial charge in [0.2, 0.25) is 0 Å². The Hall–Kier alpha value is -1.60. The number of aromatic nitrogens is 1. The van der Waals surface area contributed by atoms with Crippen LogP contribution in [0.1, 0.15) is 10.4 Å². The Morgan fingerprint density at radius 1 is 1.22 bits per heavy atom. The van der Waals surface area contributed by atoms with Crippen LogP contribution in [0.4, 0.5) is 5.13 Å². The third-order valence-corrected chi connectivity index (χ3v) is 5.25. The van der Waals surface area contributed by atoms with E-state index in [0.29, 0.717) is 10.2 Å². The predicted molar refractivity (Wildman–Crippen MR) is 96.4 cm³/mol. The lowest BCUT2D eigenvalue weighted by Crippen LogP contribution is -2.14. The van der Waals surface area contributed by atoms with Crippen molar-refractivity contribution >= 4 is 56.9 Å². The van der Waals surface area contributed by atoms with Crippen molar-refractivity contribution in [1.82, 2.24) is 4.98 Å². The molecule has 0 bridgehead atoms. The Morgan fingerprint density at radius 3 is 2.70 bits per heavy atom. The number of amides is 1. The number of ether oxygens (including phenoxy) is 1. The molecule has 1 amide bonds. The summed E-state index contributed by atoms with van der Waals surface area (Å²) in [6.45, 7) is 0. The molecule has 0 aliphatic heterocycles. The van der Waals surface area contributed by atoms with Crippen LogP contribution in [0.25, 0.3) is 10.6 Å². The summed E-state index contributed by atoms with van der Waals surface area (Å²) in [5, 5.41) is 7.66. The van der Waals surface area contributed by atoms with Crippen LogP contribution in [0.15, 0.2) is 35.0 Å². The standard InChI is InChI=1S/C15H10Cl2N2O2S2/c1-21-13-9(17)5-4-8(16)12(13)14(20)19-15-18-10(7-23-15)11-3-2-6-22-11/h2-7H,1H3,(H,18,19,20). The highest BCUT2D eigenvalue weighted by Crippen LogP contribution is 2.35. The van der Waals surface area contributed by atoms with Gasteiger partial charge in [-0.1, -0.05) is 29.3 Å². The molecule has 2 heterocycles. The predicted octanol–water partition coefficient (Wildman–Crippen LogP) is 5.44. The number of hydrogen-bond donors (Lipinski definition) is 1. The number of carbonyl (C=O) groups is 1. The van der Waals surface area contributed by atoms with Gasteiger partial charge in [-0.2, -0.15) is 0 Å². The van der Waals surface area contributed by atoms with Crippen molar-refractivity contribution in [3.05, 3.63) is 50.6 Å². The molecule has 3 rings (SSSR count). The van der Waals surface area contributed by atoms with E-state index in [0.717, 1.165) is 10.6 Å². The summed E-state index contributed by atoms with van der Waals surface area (Å²) in [5.74, 6) is -0.173. The van der Waals surface area contributed by atoms with Gasteiger partial charge in [0.1, 0.15) is 5.56 Å². The van der Waals surface area contributed by atoms with E-state index < -0.39 is 5.91 Å². The van der Waals surface area contributed by atoms with Crippen LogP contribution in [0.3, 0.4) is 0 Å². The Kier molecular flexibility index (Phi) is 4.87. The molecule has 1 N–H and O–H groups in total. The Bertz CT molecular complexity index is 847. The highest BCUT2D eigenvalue weighted by atomic mass is 35.5. The SMILES string of the molecule is COc1c(Cl)ccc(Cl)c1C(=O)Nc1nc(-c2cccs2)cs1. The lowest BCUT2D eigenvalue weighted by atomic mass is 10.2. The highest BCUT2D eigenvalue weighted by molar-refractivity contribution is 7.16. The molecule has 0 fully saturated rings. The zero-order chi connectivity index (χ0) is 16.4. The van der Waals surface area contributed by atoms with E-state index in [4.69, 9.17) is 27.9 Å². The molecule has 3 aromatic rings. The van der Waals surface area contributed by atoms with Crippen molar-refractivity contribution < 1.29 is 9.53 Å². The van der Waals surface area contributed by atoms with Crippen molar-refractivity contribution in [1.29, 1.82) is 0 Å². The number of carbonyl (C=O) groups excluding carboxylic acids is 1. The van der Waals surface area contributed by atoms with Crippen LogP contribution in [0.5, 0.6) is 5.75 Å². The van der Waals surface area contributed by atoms with Crippen LogP contribution >= 0.6 is 45.9 Å². The molecule has 0 radical (unpaired) electrons. The van der Waals surface area contributed by atoms with E-state index >= 15 is 0 Å². The van der Waals surface area contributed by atoms with Crippen molar-refractivity contribution in [2.45, 2.75) is 0 Å². The highest BCUT2D eigenvalue weighted by Gasteiger charge is 2.20. The molecule has 23 heavy (non-hydrogen) atoms. The van der Waals surface area contributed by atoms with E-state index in [1.54, 1.807) is 23.5 Å². The van der Waals surface area contributed by atoms with E-state index in [9.17, 15) is 4.79 Å². The molecule has 0 spiro atoms. The molecule has 0 aliphatic rings. The van der Waals surface area contributed by atoms with Crippen LogP contribution in [-0.4, -0.2) is 18.0 Å². The minimum Gasteiger partial charge on any atom is -0.494 e. The molecule has 2 aromatic heterocycles. The number of rotatable bonds is 4. The largest absolute Gasteiger partial charge is 0.494 e. The lowest BCUT2D eigenvalue weighted by Gasteiger charge is -2.11. The first-order valence-corrected chi connectivity index (χ1v) is 8.94. The van der Waals surface area contributed by atoms with Crippen LogP contribution in [-0.2, 0) is 0 Å². The van der Waals surface area contributed by atoms with E-state index in [1.165, 1.54) is 18.4 Å². The van der Waals surface area contributed by atoms with Crippen molar-refractivity contribution in [2.24, 2.45) is 0 Å². The van der Waals surface area contributed by atoms with Gasteiger partial charge in [0, 0.05) is 5.38 Å². The van der Waals surface area contributed by atoms with E-state index in [2.05, 4.69) is 10.3 Å². The van der Waals surface area contributed by atoms with Gasteiger partial charge in [-0.15, -0.1) is 22.7 Å². The van der Waals surface area contributed by atoms with Gasteiger partial charge in [-0.05, 0) is 23.6 Å². The normalized spacial score (nSPS) is 10.6. The first kappa shape index (κ1) is 16.3. The van der Waals surface area contributed by atoms with Gasteiger partial charge < -0.3 is 4.74 Å². The summed E-state index contributed by atoms with van der Waals surface area (Å²) in [6.07, 6.45) is 0. The maximum atomic E-state index is 12.5. The van der Waals surface area contributed by atoms with Gasteiger partial charge in [-0.25, -0.2) is 4.98 Å². The zero-order valence-corrected chi connectivity index (χ0v) is 14.9. The van der Waals surface area contributed by atoms with Gasteiger partial charge in [0.05, 0.1) is 27.7 Å². The average molecular weight is 385 g/mol. The maximum absolute atomic E-state index is 12.5. The molecule has 0 saturated carbocycles. The number of nitrogens with one attached hydrogen (secondary N) is 1. The van der Waals surface area contributed by atoms with Gasteiger partial charge >= 0.3 is 0 Å². The second-order valence-corrected chi connectivity index (χ2v) is 7.03. The third-order valence-electron chi connectivity index (χ3n) is 2.99. The molecular formula is C15H10Cl2N2O2S2. The first-order valence-electron chi connectivity index (χ1n) is 6.43. The summed E-state index contributed by atoms with van der Waals surface area (Å²) < 4.78 is 5.19. The molecule has 1 aromatic carbocycles. The number of anilines is 1. The second kappa shape index (κ2) is 6.88. The molecule has 118 valence electrons. The summed E-state index contributed by atoms with van der Waals surface area (Å²) in [4.78, 5) is 17.9. The average Bonchev–Trinajstić information content (AvgIpc) is 3.19. The van der Waals surface area contributed by atoms with Crippen molar-refractivity contribution in [3.8, 4) is 16.3 Å². The van der Waals surface area contributed by atoms with E-state index in [1.807, 2.05) is 22.9 Å². The summed E-state index contributed by atoms with van der Waals surface area (Å²) in [6, 6.07) is 7.06. The van der Waals surface area contributed by atoms with Crippen molar-refractivity contribution in [2.75, 3.05) is 12.4 Å². The Labute approximate surface area is 150 Å². The number of thiazole rings is 1. The fourth-order valence-electron chi connectivity index (χ4n) is 1.97. The van der Waals surface area contributed by atoms with Crippen LogP contribution in [0.2, 0.25) is 10.0 Å². The number of methoxy groups -OCH3 is 1. The smallest absolute Gasteiger partial charge is 0.262 e. The maximum Gasteiger partial charge on any atom is 0.262 e. The number of hydrogen-bond acceptors (Lipinski definition) is 5. The van der Waals surface area contributed by atoms with E-state index in [-0.39, 0.29) is 16.3 Å². The van der Waals surface area contributed by atoms with Crippen molar-refractivity contribution in [3.63, 3.8) is 0 Å². The van der Waals surface area contributed by atoms with Gasteiger partial charge in [0.25, 0.3) is 5.91 Å². The molecule has 0 aliphatic carbocycles. The Balaban J connectivity index is 1.87. The minimum absolute atomic E-state index is 0.189. The fraction of sp³-hybridized carbons (Fsp3) is 0.0667. The summed E-state index contributed by atoms with van der Waals surface area (Å²) in [5.41, 5.74) is 1.01. The fourth-order valence-corrected chi connectivity index (χ4v) is 3.91. The first-order chi connectivity index (χ1) is 11.1. The number of nitrogens with zero attached hydrogens (tertiary/aromatic N) is 1. The molecule has 0 saturated heterocycles. The van der Waals surface area contributed by atoms with Gasteiger partial charge in [-0.3, -0.25) is 10.1 Å². The topological polar surface area (TPSA) is 51.2 Å². The second-order valence-electron chi connectivity index (χ2n) is 4.41. The molecule has 0 atom stereocenters. The number of thiophene rings is 1. The van der Waals surface area contributed by atoms with Crippen LogP contribution in [0, 0.1) is 0 Å². The van der Waals surface area contributed by atoms with Gasteiger partial charge in [0.15, 0.2) is 10.9 Å². The lowest BCUT2D eigenvalue weighted by molar-refractivity contribution is 0.102. The molecule has 0 unspecified atom stereocenters. The minimum atomic E-state index is -0.415. The molecule has 4 nitrogen and oxygen atoms in total. The molecule has 8 heteroatoms. The number of halogens is 2. The number of benzene rings is 1. The zero-order valence-electron chi connectivity index (χ0n) is 11.8. The van der Waals surface area contributed by atoms with Crippen LogP contribution < -0.4 is 10.1 Å². The summed E-state index contributed by atoms with van der Waals surface area (Å²) in [7, 11) is 1.44. The Morgan fingerprint density at radius 2 is 2.00 bits per heavy atom. The molecular weight excluding hydrogens is 375 g/mol.